The van der Waals surface area contributed by atoms with Crippen LogP contribution in [-0.2, 0) is 24.1 Å². The number of hydrogen-bond acceptors (Lipinski definition) is 9. The van der Waals surface area contributed by atoms with Crippen LogP contribution in [0.5, 0.6) is 0 Å². The molecule has 0 saturated carbocycles. The number of hydrogen-bond donors (Lipinski definition) is 2. The SMILES string of the molecule is CN(C)c1cccc2c(S(=O)(=O)C(CCN)C[C@H](N)C(=O)OC(=O)OC(C)(C)C)cccc12. The van der Waals surface area contributed by atoms with E-state index < -0.39 is 38.9 Å². The van der Waals surface area contributed by atoms with Gasteiger partial charge in [-0.3, -0.25) is 0 Å². The number of sulfone groups is 1. The lowest BCUT2D eigenvalue weighted by atomic mass is 10.1. The molecule has 2 aromatic rings. The maximum Gasteiger partial charge on any atom is 0.516 e. The van der Waals surface area contributed by atoms with Gasteiger partial charge in [0.15, 0.2) is 9.84 Å². The molecule has 0 aromatic heterocycles. The fourth-order valence-corrected chi connectivity index (χ4v) is 5.49. The second kappa shape index (κ2) is 10.5. The first-order valence-corrected chi connectivity index (χ1v) is 12.2. The topological polar surface area (TPSA) is 142 Å². The molecular formula is C23H33N3O6S. The Hall–Kier alpha value is -2.69. The zero-order valence-corrected chi connectivity index (χ0v) is 20.5. The van der Waals surface area contributed by atoms with Gasteiger partial charge in [-0.15, -0.1) is 0 Å². The Balaban J connectivity index is 2.34. The number of carbonyl (C=O) groups is 2. The standard InChI is InChI=1S/C23H33N3O6S/c1-23(2,3)32-22(28)31-21(27)18(25)14-15(12-13-24)33(29,30)20-11-7-8-16-17(20)9-6-10-19(16)26(4)5/h6-11,15,18H,12-14,24-25H2,1-5H3/t15?,18-/m0/s1. The summed E-state index contributed by atoms with van der Waals surface area (Å²) in [6.07, 6.45) is -1.36. The molecule has 2 aromatic carbocycles. The fraction of sp³-hybridized carbons (Fsp3) is 0.478. The third-order valence-electron chi connectivity index (χ3n) is 4.97. The summed E-state index contributed by atoms with van der Waals surface area (Å²) in [5.41, 5.74) is 11.6. The maximum absolute atomic E-state index is 13.6. The Morgan fingerprint density at radius 3 is 2.24 bits per heavy atom. The van der Waals surface area contributed by atoms with E-state index in [1.54, 1.807) is 39.0 Å². The van der Waals surface area contributed by atoms with Crippen LogP contribution in [0.15, 0.2) is 41.3 Å². The second-order valence-electron chi connectivity index (χ2n) is 8.99. The summed E-state index contributed by atoms with van der Waals surface area (Å²) in [4.78, 5) is 26.1. The van der Waals surface area contributed by atoms with E-state index in [2.05, 4.69) is 4.74 Å². The van der Waals surface area contributed by atoms with E-state index in [0.29, 0.717) is 5.39 Å². The molecular weight excluding hydrogens is 446 g/mol. The van der Waals surface area contributed by atoms with E-state index in [9.17, 15) is 18.0 Å². The number of nitrogens with two attached hydrogens (primary N) is 2. The van der Waals surface area contributed by atoms with Crippen molar-refractivity contribution in [2.45, 2.75) is 55.4 Å². The summed E-state index contributed by atoms with van der Waals surface area (Å²) in [6, 6.07) is 9.15. The normalized spacial score (nSPS) is 13.9. The zero-order valence-electron chi connectivity index (χ0n) is 19.7. The van der Waals surface area contributed by atoms with Crippen LogP contribution in [0, 0.1) is 0 Å². The predicted octanol–water partition coefficient (Wildman–Crippen LogP) is 2.59. The number of fused-ring (bicyclic) bond motifs is 1. The Kier molecular flexibility index (Phi) is 8.45. The van der Waals surface area contributed by atoms with Crippen molar-refractivity contribution in [2.24, 2.45) is 11.5 Å². The van der Waals surface area contributed by atoms with Gasteiger partial charge in [-0.25, -0.2) is 18.0 Å². The van der Waals surface area contributed by atoms with Gasteiger partial charge in [0.1, 0.15) is 11.6 Å². The molecule has 0 radical (unpaired) electrons. The average molecular weight is 480 g/mol. The summed E-state index contributed by atoms with van der Waals surface area (Å²) in [5, 5.41) is 0.302. The quantitative estimate of drug-likeness (QED) is 0.431. The summed E-state index contributed by atoms with van der Waals surface area (Å²) in [5.74, 6) is -1.06. The molecule has 4 N–H and O–H groups in total. The van der Waals surface area contributed by atoms with Gasteiger partial charge in [-0.2, -0.15) is 0 Å². The molecule has 2 atom stereocenters. The Labute approximate surface area is 194 Å². The lowest BCUT2D eigenvalue weighted by Crippen LogP contribution is -2.40. The molecule has 33 heavy (non-hydrogen) atoms. The van der Waals surface area contributed by atoms with Crippen molar-refractivity contribution >= 4 is 38.4 Å². The van der Waals surface area contributed by atoms with E-state index in [4.69, 9.17) is 16.2 Å². The highest BCUT2D eigenvalue weighted by Gasteiger charge is 2.33. The van der Waals surface area contributed by atoms with E-state index in [0.717, 1.165) is 11.1 Å². The van der Waals surface area contributed by atoms with Crippen molar-refractivity contribution in [3.05, 3.63) is 36.4 Å². The minimum absolute atomic E-state index is 0.0748. The van der Waals surface area contributed by atoms with Crippen LogP contribution >= 0.6 is 0 Å². The third-order valence-corrected chi connectivity index (χ3v) is 7.24. The summed E-state index contributed by atoms with van der Waals surface area (Å²) < 4.78 is 36.8. The van der Waals surface area contributed by atoms with E-state index in [-0.39, 0.29) is 24.3 Å². The van der Waals surface area contributed by atoms with Crippen LogP contribution in [0.1, 0.15) is 33.6 Å². The fourth-order valence-electron chi connectivity index (χ4n) is 3.48. The van der Waals surface area contributed by atoms with Gasteiger partial charge >= 0.3 is 12.1 Å². The molecule has 0 spiro atoms. The van der Waals surface area contributed by atoms with Crippen molar-refractivity contribution in [1.29, 1.82) is 0 Å². The minimum Gasteiger partial charge on any atom is -0.428 e. The first-order valence-electron chi connectivity index (χ1n) is 10.6. The molecule has 1 unspecified atom stereocenters. The summed E-state index contributed by atoms with van der Waals surface area (Å²) in [6.45, 7) is 4.93. The minimum atomic E-state index is -3.92. The monoisotopic (exact) mass is 479 g/mol. The zero-order chi connectivity index (χ0) is 25.0. The van der Waals surface area contributed by atoms with Gasteiger partial charge in [0.2, 0.25) is 0 Å². The number of benzene rings is 2. The average Bonchev–Trinajstić information content (AvgIpc) is 2.70. The molecule has 0 amide bonds. The Morgan fingerprint density at radius 2 is 1.67 bits per heavy atom. The molecule has 0 heterocycles. The van der Waals surface area contributed by atoms with Crippen LogP contribution in [0.3, 0.4) is 0 Å². The Morgan fingerprint density at radius 1 is 1.06 bits per heavy atom. The van der Waals surface area contributed by atoms with Crippen molar-refractivity contribution in [3.63, 3.8) is 0 Å². The van der Waals surface area contributed by atoms with E-state index in [1.807, 2.05) is 31.1 Å². The smallest absolute Gasteiger partial charge is 0.428 e. The molecule has 0 aliphatic heterocycles. The number of carbonyl (C=O) groups excluding carboxylic acids is 2. The molecule has 10 heteroatoms. The lowest BCUT2D eigenvalue weighted by Gasteiger charge is -2.22. The van der Waals surface area contributed by atoms with Gasteiger partial charge in [0, 0.05) is 30.6 Å². The van der Waals surface area contributed by atoms with Crippen LogP contribution in [-0.4, -0.2) is 58.1 Å². The van der Waals surface area contributed by atoms with Crippen molar-refractivity contribution in [2.75, 3.05) is 25.5 Å². The number of rotatable bonds is 8. The number of ether oxygens (including phenoxy) is 2. The first-order chi connectivity index (χ1) is 15.3. The number of anilines is 1. The molecule has 0 aliphatic rings. The molecule has 0 saturated heterocycles. The highest BCUT2D eigenvalue weighted by Crippen LogP contribution is 2.33. The Bertz CT molecular complexity index is 1110. The summed E-state index contributed by atoms with van der Waals surface area (Å²) >= 11 is 0. The van der Waals surface area contributed by atoms with Crippen molar-refractivity contribution in [1.82, 2.24) is 0 Å². The van der Waals surface area contributed by atoms with Gasteiger partial charge in [0.25, 0.3) is 0 Å². The number of nitrogens with zero attached hydrogens (tertiary/aromatic N) is 1. The highest BCUT2D eigenvalue weighted by molar-refractivity contribution is 7.92. The number of esters is 1. The third kappa shape index (κ3) is 6.66. The second-order valence-corrected chi connectivity index (χ2v) is 11.2. The molecule has 0 bridgehead atoms. The van der Waals surface area contributed by atoms with Crippen molar-refractivity contribution in [3.8, 4) is 0 Å². The van der Waals surface area contributed by atoms with Crippen molar-refractivity contribution < 1.29 is 27.5 Å². The lowest BCUT2D eigenvalue weighted by molar-refractivity contribution is -0.143. The molecule has 9 nitrogen and oxygen atoms in total. The molecule has 0 fully saturated rings. The van der Waals surface area contributed by atoms with Crippen LogP contribution in [0.25, 0.3) is 10.8 Å². The van der Waals surface area contributed by atoms with Gasteiger partial charge in [-0.1, -0.05) is 24.3 Å². The molecule has 2 rings (SSSR count). The van der Waals surface area contributed by atoms with Gasteiger partial charge < -0.3 is 25.8 Å². The largest absolute Gasteiger partial charge is 0.516 e. The first kappa shape index (κ1) is 26.6. The van der Waals surface area contributed by atoms with E-state index >= 15 is 0 Å². The maximum atomic E-state index is 13.6. The summed E-state index contributed by atoms with van der Waals surface area (Å²) in [7, 11) is -0.166. The van der Waals surface area contributed by atoms with Crippen LogP contribution in [0.4, 0.5) is 10.5 Å². The predicted molar refractivity (Wildman–Crippen MR) is 128 cm³/mol. The molecule has 0 aliphatic carbocycles. The highest BCUT2D eigenvalue weighted by atomic mass is 32.2. The van der Waals surface area contributed by atoms with Crippen LogP contribution < -0.4 is 16.4 Å². The molecule has 182 valence electrons. The van der Waals surface area contributed by atoms with Gasteiger partial charge in [-0.05, 0) is 52.3 Å². The van der Waals surface area contributed by atoms with Gasteiger partial charge in [0.05, 0.1) is 10.1 Å². The van der Waals surface area contributed by atoms with E-state index in [1.165, 1.54) is 6.07 Å². The van der Waals surface area contributed by atoms with Crippen LogP contribution in [0.2, 0.25) is 0 Å².